The summed E-state index contributed by atoms with van der Waals surface area (Å²) in [5.74, 6) is -0.841. The van der Waals surface area contributed by atoms with Gasteiger partial charge in [-0.1, -0.05) is 83.4 Å². The van der Waals surface area contributed by atoms with Crippen molar-refractivity contribution >= 4 is 23.6 Å². The molecule has 4 N–H and O–H groups in total. The van der Waals surface area contributed by atoms with Gasteiger partial charge in [0.15, 0.2) is 0 Å². The number of carbonyl (C=O) groups is 4. The van der Waals surface area contributed by atoms with Crippen LogP contribution in [0.1, 0.15) is 91.5 Å². The summed E-state index contributed by atoms with van der Waals surface area (Å²) in [6.45, 7) is 12.6. The Hall–Kier alpha value is -3.06. The molecule has 2 heterocycles. The molecule has 0 spiro atoms. The molecule has 4 rings (SSSR count). The lowest BCUT2D eigenvalue weighted by molar-refractivity contribution is -0.145. The summed E-state index contributed by atoms with van der Waals surface area (Å²) in [5, 5.41) is 18.0. The highest BCUT2D eigenvalue weighted by molar-refractivity contribution is 5.88. The standard InChI is InChI=1S/C30H53N5O7.C7H8.C3H8/c1-7-18(2)27(34(4)25(38)17-32-30(40)26-20-10-11-21(15-20)33-26)23(41-5)16-24(37)35-13-8-9-22(35)28(42-6)19(3)29(39)31-12-14-36;1-7-5-3-2-4-6-7;1-3-2/h18-23,26-28,33,36H,7-17H2,1-6H3,(H,31,39)(H,32,40);2-6H,1H3;3H2,1-2H3. The van der Waals surface area contributed by atoms with Gasteiger partial charge >= 0.3 is 0 Å². The average molecular weight is 732 g/mol. The van der Waals surface area contributed by atoms with Crippen molar-refractivity contribution in [3.05, 3.63) is 35.9 Å². The number of aliphatic hydroxyl groups is 1. The molecule has 9 atom stereocenters. The Balaban J connectivity index is 0.000000812. The van der Waals surface area contributed by atoms with Gasteiger partial charge in [0.2, 0.25) is 23.6 Å². The van der Waals surface area contributed by atoms with Crippen LogP contribution in [-0.2, 0) is 28.7 Å². The summed E-state index contributed by atoms with van der Waals surface area (Å²) in [5.41, 5.74) is 1.32. The number of ether oxygens (including phenoxy) is 2. The van der Waals surface area contributed by atoms with Gasteiger partial charge in [0, 0.05) is 40.4 Å². The molecule has 2 saturated heterocycles. The molecule has 3 aliphatic rings. The van der Waals surface area contributed by atoms with Crippen LogP contribution in [0.25, 0.3) is 0 Å². The van der Waals surface area contributed by atoms with E-state index in [1.165, 1.54) is 12.0 Å². The molecule has 52 heavy (non-hydrogen) atoms. The number of amides is 4. The molecule has 3 fully saturated rings. The van der Waals surface area contributed by atoms with E-state index in [1.807, 2.05) is 32.0 Å². The third kappa shape index (κ3) is 13.1. The molecule has 2 aliphatic heterocycles. The number of fused-ring (bicyclic) bond motifs is 2. The number of likely N-dealkylation sites (N-methyl/N-ethyl adjacent to an activating group) is 1. The van der Waals surface area contributed by atoms with Gasteiger partial charge in [-0.05, 0) is 50.9 Å². The van der Waals surface area contributed by atoms with E-state index >= 15 is 0 Å². The first-order chi connectivity index (χ1) is 24.9. The van der Waals surface area contributed by atoms with Crippen molar-refractivity contribution in [2.45, 2.75) is 129 Å². The first-order valence-electron chi connectivity index (χ1n) is 19.4. The molecular weight excluding hydrogens is 662 g/mol. The zero-order valence-electron chi connectivity index (χ0n) is 33.4. The van der Waals surface area contributed by atoms with E-state index in [-0.39, 0.29) is 73.8 Å². The van der Waals surface area contributed by atoms with E-state index in [0.717, 1.165) is 32.1 Å². The molecule has 12 heteroatoms. The lowest BCUT2D eigenvalue weighted by Gasteiger charge is -2.39. The molecule has 4 amide bonds. The van der Waals surface area contributed by atoms with Crippen molar-refractivity contribution in [2.75, 3.05) is 47.5 Å². The average Bonchev–Trinajstić information content (AvgIpc) is 3.92. The molecule has 12 nitrogen and oxygen atoms in total. The maximum atomic E-state index is 13.7. The van der Waals surface area contributed by atoms with Crippen molar-refractivity contribution in [1.82, 2.24) is 25.8 Å². The number of likely N-dealkylation sites (tertiary alicyclic amines) is 1. The SMILES string of the molecule is CCC.CCC(C)C(C(CC(=O)N1CCCC1C(OC)C(C)C(=O)NCCO)OC)N(C)C(=O)CNC(=O)C1NC2CCC1C2.Cc1ccccc1. The summed E-state index contributed by atoms with van der Waals surface area (Å²) < 4.78 is 11.6. The van der Waals surface area contributed by atoms with Crippen LogP contribution in [0.4, 0.5) is 0 Å². The monoisotopic (exact) mass is 732 g/mol. The number of aryl methyl sites for hydroxylation is 1. The molecular formula is C40H69N5O7. The van der Waals surface area contributed by atoms with Gasteiger partial charge in [0.25, 0.3) is 0 Å². The highest BCUT2D eigenvalue weighted by Gasteiger charge is 2.44. The molecule has 0 aromatic heterocycles. The molecule has 0 radical (unpaired) electrons. The Labute approximate surface area is 313 Å². The quantitative estimate of drug-likeness (QED) is 0.201. The maximum Gasteiger partial charge on any atom is 0.242 e. The minimum Gasteiger partial charge on any atom is -0.395 e. The number of benzene rings is 1. The molecule has 2 bridgehead atoms. The third-order valence-electron chi connectivity index (χ3n) is 10.7. The number of piperidine rings is 1. The van der Waals surface area contributed by atoms with Gasteiger partial charge in [-0.15, -0.1) is 0 Å². The molecule has 1 aromatic carbocycles. The van der Waals surface area contributed by atoms with Crippen LogP contribution in [0.5, 0.6) is 0 Å². The Kier molecular flexibility index (Phi) is 20.4. The van der Waals surface area contributed by atoms with E-state index in [9.17, 15) is 19.2 Å². The highest BCUT2D eigenvalue weighted by atomic mass is 16.5. The Morgan fingerprint density at radius 2 is 1.69 bits per heavy atom. The number of nitrogens with zero attached hydrogens (tertiary/aromatic N) is 2. The molecule has 1 saturated carbocycles. The normalized spacial score (nSPS) is 23.2. The van der Waals surface area contributed by atoms with Gasteiger partial charge < -0.3 is 40.3 Å². The Bertz CT molecular complexity index is 1220. The van der Waals surface area contributed by atoms with Gasteiger partial charge in [-0.2, -0.15) is 0 Å². The summed E-state index contributed by atoms with van der Waals surface area (Å²) in [6.07, 6.45) is 5.71. The summed E-state index contributed by atoms with van der Waals surface area (Å²) >= 11 is 0. The van der Waals surface area contributed by atoms with Crippen LogP contribution in [0.3, 0.4) is 0 Å². The fraction of sp³-hybridized carbons (Fsp3) is 0.750. The first kappa shape index (κ1) is 45.1. The smallest absolute Gasteiger partial charge is 0.242 e. The van der Waals surface area contributed by atoms with E-state index in [2.05, 4.69) is 48.9 Å². The Morgan fingerprint density at radius 3 is 2.19 bits per heavy atom. The van der Waals surface area contributed by atoms with Crippen LogP contribution in [-0.4, -0.2) is 122 Å². The predicted molar refractivity (Wildman–Crippen MR) is 204 cm³/mol. The van der Waals surface area contributed by atoms with Crippen LogP contribution < -0.4 is 16.0 Å². The second-order valence-electron chi connectivity index (χ2n) is 14.7. The first-order valence-corrected chi connectivity index (χ1v) is 19.4. The van der Waals surface area contributed by atoms with Crippen LogP contribution in [0.2, 0.25) is 0 Å². The summed E-state index contributed by atoms with van der Waals surface area (Å²) in [4.78, 5) is 55.8. The number of aliphatic hydroxyl groups excluding tert-OH is 1. The number of hydrogen-bond acceptors (Lipinski definition) is 8. The number of hydrogen-bond donors (Lipinski definition) is 4. The highest BCUT2D eigenvalue weighted by Crippen LogP contribution is 2.35. The number of rotatable bonds is 16. The van der Waals surface area contributed by atoms with Crippen molar-refractivity contribution in [3.8, 4) is 0 Å². The van der Waals surface area contributed by atoms with Gasteiger partial charge in [-0.3, -0.25) is 19.2 Å². The van der Waals surface area contributed by atoms with Gasteiger partial charge in [0.05, 0.1) is 55.8 Å². The topological polar surface area (TPSA) is 150 Å². The van der Waals surface area contributed by atoms with Crippen molar-refractivity contribution in [1.29, 1.82) is 0 Å². The molecule has 1 aromatic rings. The van der Waals surface area contributed by atoms with Gasteiger partial charge in [0.1, 0.15) is 0 Å². The second-order valence-corrected chi connectivity index (χ2v) is 14.7. The lowest BCUT2D eigenvalue weighted by atomic mass is 9.90. The molecule has 1 aliphatic carbocycles. The van der Waals surface area contributed by atoms with E-state index in [0.29, 0.717) is 24.9 Å². The zero-order valence-corrected chi connectivity index (χ0v) is 33.4. The van der Waals surface area contributed by atoms with Gasteiger partial charge in [-0.25, -0.2) is 0 Å². The summed E-state index contributed by atoms with van der Waals surface area (Å²) in [6, 6.07) is 9.78. The molecule has 296 valence electrons. The van der Waals surface area contributed by atoms with Crippen LogP contribution in [0, 0.1) is 24.7 Å². The zero-order chi connectivity index (χ0) is 38.8. The van der Waals surface area contributed by atoms with Crippen LogP contribution >= 0.6 is 0 Å². The minimum atomic E-state index is -0.558. The predicted octanol–water partition coefficient (Wildman–Crippen LogP) is 3.68. The van der Waals surface area contributed by atoms with Crippen molar-refractivity contribution in [3.63, 3.8) is 0 Å². The lowest BCUT2D eigenvalue weighted by Crippen LogP contribution is -2.55. The van der Waals surface area contributed by atoms with E-state index < -0.39 is 18.1 Å². The largest absolute Gasteiger partial charge is 0.395 e. The summed E-state index contributed by atoms with van der Waals surface area (Å²) in [7, 11) is 4.82. The molecule has 9 unspecified atom stereocenters. The maximum absolute atomic E-state index is 13.7. The van der Waals surface area contributed by atoms with E-state index in [1.54, 1.807) is 38.0 Å². The second kappa shape index (κ2) is 23.6. The minimum absolute atomic E-state index is 0.0379. The fourth-order valence-corrected chi connectivity index (χ4v) is 7.75. The van der Waals surface area contributed by atoms with Crippen LogP contribution in [0.15, 0.2) is 30.3 Å². The van der Waals surface area contributed by atoms with Crippen molar-refractivity contribution < 1.29 is 33.8 Å². The third-order valence-corrected chi connectivity index (χ3v) is 10.7. The van der Waals surface area contributed by atoms with E-state index in [4.69, 9.17) is 14.6 Å². The van der Waals surface area contributed by atoms with Crippen molar-refractivity contribution in [2.24, 2.45) is 17.8 Å². The fourth-order valence-electron chi connectivity index (χ4n) is 7.75. The number of nitrogens with one attached hydrogen (secondary N) is 3. The number of methoxy groups -OCH3 is 2. The Morgan fingerprint density at radius 1 is 1.02 bits per heavy atom. The number of carbonyl (C=O) groups excluding carboxylic acids is 4.